The molecule has 6 aromatic rings. The SMILES string of the molecule is Cn1c(-c2nc3ccc(C4=NCCCN4)cc3[nH]2)ccc1-c1nc2ccc(C3=NCCCN3)cc2[nH]1.c1cc[nH]c1. The number of hydrogen-bond donors (Lipinski definition) is 5. The first-order chi connectivity index (χ1) is 20.2. The fourth-order valence-electron chi connectivity index (χ4n) is 5.27. The quantitative estimate of drug-likeness (QED) is 0.222. The minimum Gasteiger partial charge on any atom is -0.370 e. The summed E-state index contributed by atoms with van der Waals surface area (Å²) in [5.41, 5.74) is 8.02. The Labute approximate surface area is 237 Å². The highest BCUT2D eigenvalue weighted by molar-refractivity contribution is 6.02. The Morgan fingerprint density at radius 1 is 0.659 bits per heavy atom. The number of hydrogen-bond acceptors (Lipinski definition) is 6. The van der Waals surface area contributed by atoms with Gasteiger partial charge < -0.3 is 30.2 Å². The number of benzene rings is 2. The number of H-pyrrole nitrogens is 3. The summed E-state index contributed by atoms with van der Waals surface area (Å²) in [7, 11) is 2.04. The van der Waals surface area contributed by atoms with Crippen molar-refractivity contribution >= 4 is 33.7 Å². The van der Waals surface area contributed by atoms with Crippen molar-refractivity contribution in [2.24, 2.45) is 17.0 Å². The molecule has 0 amide bonds. The van der Waals surface area contributed by atoms with E-state index in [1.165, 1.54) is 0 Å². The molecule has 8 rings (SSSR count). The fourth-order valence-corrected chi connectivity index (χ4v) is 5.27. The summed E-state index contributed by atoms with van der Waals surface area (Å²) in [5, 5.41) is 6.79. The van der Waals surface area contributed by atoms with E-state index in [2.05, 4.69) is 88.7 Å². The lowest BCUT2D eigenvalue weighted by Gasteiger charge is -2.14. The Bertz CT molecular complexity index is 1730. The standard InChI is InChI=1S/C27H27N9.C4H5N/c1-36-22(26-32-18-6-4-16(14-20(18)34-26)24-28-10-2-11-29-24)8-9-23(36)27-33-19-7-5-17(15-21(19)35-27)25-30-12-3-13-31-25;1-2-4-5-3-1/h4-9,14-15H,2-3,10-13H2,1H3,(H,28,29)(H,30,31)(H,32,34)(H,33,35);1-5H. The van der Waals surface area contributed by atoms with E-state index in [0.29, 0.717) is 0 Å². The van der Waals surface area contributed by atoms with Crippen LogP contribution in [0.4, 0.5) is 0 Å². The van der Waals surface area contributed by atoms with Crippen molar-refractivity contribution in [3.8, 4) is 23.0 Å². The third kappa shape index (κ3) is 5.00. The maximum absolute atomic E-state index is 4.86. The second-order valence-corrected chi connectivity index (χ2v) is 10.2. The highest BCUT2D eigenvalue weighted by Gasteiger charge is 2.17. The molecular formula is C31H32N10. The fraction of sp³-hybridized carbons (Fsp3) is 0.226. The molecule has 6 heterocycles. The Balaban J connectivity index is 0.000000502. The van der Waals surface area contributed by atoms with Gasteiger partial charge in [0.25, 0.3) is 0 Å². The van der Waals surface area contributed by atoms with E-state index in [0.717, 1.165) is 107 Å². The van der Waals surface area contributed by atoms with E-state index in [1.54, 1.807) is 0 Å². The molecule has 2 aliphatic heterocycles. The molecule has 0 fully saturated rings. The summed E-state index contributed by atoms with van der Waals surface area (Å²) in [6, 6.07) is 20.6. The zero-order chi connectivity index (χ0) is 27.6. The Morgan fingerprint density at radius 2 is 1.17 bits per heavy atom. The Morgan fingerprint density at radius 3 is 1.59 bits per heavy atom. The van der Waals surface area contributed by atoms with Crippen LogP contribution in [0.3, 0.4) is 0 Å². The molecule has 0 atom stereocenters. The lowest BCUT2D eigenvalue weighted by molar-refractivity contribution is 0.742. The molecule has 2 aromatic carbocycles. The predicted molar refractivity (Wildman–Crippen MR) is 164 cm³/mol. The van der Waals surface area contributed by atoms with Crippen molar-refractivity contribution in [1.29, 1.82) is 0 Å². The molecule has 0 saturated carbocycles. The van der Waals surface area contributed by atoms with Crippen molar-refractivity contribution in [2.45, 2.75) is 12.8 Å². The van der Waals surface area contributed by atoms with Gasteiger partial charge in [0, 0.05) is 56.7 Å². The third-order valence-corrected chi connectivity index (χ3v) is 7.41. The molecule has 0 unspecified atom stereocenters. The van der Waals surface area contributed by atoms with Gasteiger partial charge in [0.2, 0.25) is 0 Å². The van der Waals surface area contributed by atoms with Crippen molar-refractivity contribution < 1.29 is 0 Å². The number of imidazole rings is 2. The number of fused-ring (bicyclic) bond motifs is 2. The van der Waals surface area contributed by atoms with E-state index in [9.17, 15) is 0 Å². The van der Waals surface area contributed by atoms with E-state index in [4.69, 9.17) is 9.97 Å². The highest BCUT2D eigenvalue weighted by atomic mass is 15.1. The van der Waals surface area contributed by atoms with Gasteiger partial charge in [0.15, 0.2) is 11.6 Å². The molecule has 10 nitrogen and oxygen atoms in total. The molecule has 206 valence electrons. The van der Waals surface area contributed by atoms with Gasteiger partial charge in [-0.1, -0.05) is 0 Å². The number of aliphatic imine (C=N–C) groups is 2. The zero-order valence-corrected chi connectivity index (χ0v) is 22.9. The molecule has 2 aliphatic rings. The van der Waals surface area contributed by atoms with Crippen molar-refractivity contribution in [2.75, 3.05) is 26.2 Å². The summed E-state index contributed by atoms with van der Waals surface area (Å²) >= 11 is 0. The van der Waals surface area contributed by atoms with Crippen molar-refractivity contribution in [3.05, 3.63) is 84.2 Å². The number of aromatic nitrogens is 6. The van der Waals surface area contributed by atoms with Crippen LogP contribution in [0, 0.1) is 0 Å². The van der Waals surface area contributed by atoms with Gasteiger partial charge in [-0.15, -0.1) is 0 Å². The lowest BCUT2D eigenvalue weighted by Crippen LogP contribution is -2.30. The average molecular weight is 545 g/mol. The Kier molecular flexibility index (Phi) is 6.56. The van der Waals surface area contributed by atoms with Crippen LogP contribution in [-0.2, 0) is 7.05 Å². The van der Waals surface area contributed by atoms with Crippen molar-refractivity contribution in [3.63, 3.8) is 0 Å². The lowest BCUT2D eigenvalue weighted by atomic mass is 10.1. The Hall–Kier alpha value is -5.12. The van der Waals surface area contributed by atoms with Gasteiger partial charge in [-0.2, -0.15) is 0 Å². The monoisotopic (exact) mass is 544 g/mol. The van der Waals surface area contributed by atoms with Gasteiger partial charge in [0.1, 0.15) is 11.7 Å². The number of nitrogens with one attached hydrogen (secondary N) is 5. The minimum absolute atomic E-state index is 0.828. The van der Waals surface area contributed by atoms with Crippen LogP contribution in [0.25, 0.3) is 45.1 Å². The topological polar surface area (TPSA) is 127 Å². The third-order valence-electron chi connectivity index (χ3n) is 7.41. The van der Waals surface area contributed by atoms with Gasteiger partial charge in [-0.05, 0) is 73.5 Å². The summed E-state index contributed by atoms with van der Waals surface area (Å²) in [6.07, 6.45) is 5.91. The molecule has 5 N–H and O–H groups in total. The predicted octanol–water partition coefficient (Wildman–Crippen LogP) is 4.61. The number of rotatable bonds is 4. The van der Waals surface area contributed by atoms with Crippen molar-refractivity contribution in [1.82, 2.24) is 40.1 Å². The first-order valence-corrected chi connectivity index (χ1v) is 14.0. The van der Waals surface area contributed by atoms with E-state index < -0.39 is 0 Å². The first-order valence-electron chi connectivity index (χ1n) is 14.0. The van der Waals surface area contributed by atoms with Crippen LogP contribution >= 0.6 is 0 Å². The summed E-state index contributed by atoms with van der Waals surface area (Å²) in [5.74, 6) is 3.57. The maximum Gasteiger partial charge on any atom is 0.155 e. The van der Waals surface area contributed by atoms with Gasteiger partial charge >= 0.3 is 0 Å². The maximum atomic E-state index is 4.86. The smallest absolute Gasteiger partial charge is 0.155 e. The molecule has 0 spiro atoms. The van der Waals surface area contributed by atoms with E-state index in [-0.39, 0.29) is 0 Å². The molecule has 0 bridgehead atoms. The normalized spacial score (nSPS) is 15.0. The van der Waals surface area contributed by atoms with Crippen LogP contribution in [0.5, 0.6) is 0 Å². The van der Waals surface area contributed by atoms with Crippen LogP contribution in [0.1, 0.15) is 24.0 Å². The summed E-state index contributed by atoms with van der Waals surface area (Å²) < 4.78 is 2.12. The van der Waals surface area contributed by atoms with E-state index in [1.807, 2.05) is 31.6 Å². The first kappa shape index (κ1) is 24.9. The van der Waals surface area contributed by atoms with Crippen LogP contribution in [0.2, 0.25) is 0 Å². The van der Waals surface area contributed by atoms with E-state index >= 15 is 0 Å². The average Bonchev–Trinajstić information content (AvgIpc) is 3.84. The number of nitrogens with zero attached hydrogens (tertiary/aromatic N) is 5. The second kappa shape index (κ2) is 10.8. The minimum atomic E-state index is 0.828. The molecular weight excluding hydrogens is 512 g/mol. The van der Waals surface area contributed by atoms with Gasteiger partial charge in [-0.25, -0.2) is 9.97 Å². The second-order valence-electron chi connectivity index (χ2n) is 10.2. The van der Waals surface area contributed by atoms with Crippen LogP contribution < -0.4 is 10.6 Å². The number of aromatic amines is 3. The molecule has 41 heavy (non-hydrogen) atoms. The van der Waals surface area contributed by atoms with Gasteiger partial charge in [0.05, 0.1) is 33.5 Å². The largest absolute Gasteiger partial charge is 0.370 e. The zero-order valence-electron chi connectivity index (χ0n) is 22.9. The molecule has 0 saturated heterocycles. The molecule has 4 aromatic heterocycles. The molecule has 0 radical (unpaired) electrons. The summed E-state index contributed by atoms with van der Waals surface area (Å²) in [4.78, 5) is 28.8. The number of amidine groups is 2. The van der Waals surface area contributed by atoms with Crippen LogP contribution in [-0.4, -0.2) is 67.3 Å². The molecule has 10 heteroatoms. The molecule has 0 aliphatic carbocycles. The van der Waals surface area contributed by atoms with Gasteiger partial charge in [-0.3, -0.25) is 9.98 Å². The summed E-state index contributed by atoms with van der Waals surface area (Å²) in [6.45, 7) is 3.67. The highest BCUT2D eigenvalue weighted by Crippen LogP contribution is 2.28. The van der Waals surface area contributed by atoms with Crippen LogP contribution in [0.15, 0.2) is 83.0 Å².